The summed E-state index contributed by atoms with van der Waals surface area (Å²) in [5.74, 6) is 0.00698. The van der Waals surface area contributed by atoms with Crippen LogP contribution in [0, 0.1) is 0 Å². The van der Waals surface area contributed by atoms with Gasteiger partial charge in [0.2, 0.25) is 5.91 Å². The molecule has 0 fully saturated rings. The van der Waals surface area contributed by atoms with Gasteiger partial charge in [-0.1, -0.05) is 483 Å². The van der Waals surface area contributed by atoms with Crippen LogP contribution in [-0.2, 0) is 14.3 Å². The maximum absolute atomic E-state index is 12.6. The minimum Gasteiger partial charge on any atom is -0.466 e. The third-order valence-corrected chi connectivity index (χ3v) is 21.2. The molecule has 0 aromatic heterocycles. The topological polar surface area (TPSA) is 95.9 Å². The summed E-state index contributed by atoms with van der Waals surface area (Å²) in [6.45, 7) is 5.03. The predicted octanol–water partition coefficient (Wildman–Crippen LogP) is 29.2. The second-order valence-corrected chi connectivity index (χ2v) is 30.6. The molecule has 93 heavy (non-hydrogen) atoms. The lowest BCUT2D eigenvalue weighted by Crippen LogP contribution is -2.45. The number of unbranched alkanes of at least 4 members (excludes halogenated alkanes) is 73. The first kappa shape index (κ1) is 91.9. The molecule has 1 amide bonds. The molecule has 6 heteroatoms. The minimum absolute atomic E-state index is 0.0230. The number of hydrogen-bond donors (Lipinski definition) is 3. The van der Waals surface area contributed by atoms with Crippen LogP contribution >= 0.6 is 0 Å². The summed E-state index contributed by atoms with van der Waals surface area (Å²) in [7, 11) is 0. The van der Waals surface area contributed by atoms with Crippen molar-refractivity contribution in [2.45, 2.75) is 533 Å². The Kier molecular flexibility index (Phi) is 82.3. The predicted molar refractivity (Wildman–Crippen MR) is 412 cm³/mol. The smallest absolute Gasteiger partial charge is 0.305 e. The van der Waals surface area contributed by atoms with Gasteiger partial charge >= 0.3 is 5.97 Å². The van der Waals surface area contributed by atoms with E-state index in [1.807, 2.05) is 0 Å². The van der Waals surface area contributed by atoms with E-state index < -0.39 is 12.1 Å². The number of rotatable bonds is 84. The zero-order chi connectivity index (χ0) is 67.0. The first-order chi connectivity index (χ1) is 46.0. The van der Waals surface area contributed by atoms with E-state index in [4.69, 9.17) is 4.74 Å². The van der Waals surface area contributed by atoms with E-state index >= 15 is 0 Å². The Morgan fingerprint density at radius 1 is 0.258 bits per heavy atom. The monoisotopic (exact) mass is 1310 g/mol. The lowest BCUT2D eigenvalue weighted by Gasteiger charge is -2.22. The minimum atomic E-state index is -0.660. The molecule has 0 aromatic rings. The summed E-state index contributed by atoms with van der Waals surface area (Å²) in [5.41, 5.74) is 0. The molecule has 0 spiro atoms. The summed E-state index contributed by atoms with van der Waals surface area (Å²) in [6.07, 6.45) is 105. The first-order valence-corrected chi connectivity index (χ1v) is 43.8. The van der Waals surface area contributed by atoms with Crippen molar-refractivity contribution in [3.05, 3.63) is 0 Å². The number of carbonyl (C=O) groups excluding carboxylic acids is 2. The summed E-state index contributed by atoms with van der Waals surface area (Å²) >= 11 is 0. The van der Waals surface area contributed by atoms with Gasteiger partial charge in [-0.05, 0) is 25.7 Å². The second kappa shape index (κ2) is 83.3. The summed E-state index contributed by atoms with van der Waals surface area (Å²) in [6, 6.07) is -0.537. The van der Waals surface area contributed by atoms with Crippen molar-refractivity contribution in [3.63, 3.8) is 0 Å². The van der Waals surface area contributed by atoms with Crippen molar-refractivity contribution in [3.8, 4) is 0 Å². The van der Waals surface area contributed by atoms with Crippen LogP contribution in [0.5, 0.6) is 0 Å². The van der Waals surface area contributed by atoms with Crippen LogP contribution in [0.3, 0.4) is 0 Å². The van der Waals surface area contributed by atoms with Crippen LogP contribution < -0.4 is 5.32 Å². The highest BCUT2D eigenvalue weighted by Gasteiger charge is 2.20. The molecule has 0 aliphatic heterocycles. The molecule has 3 N–H and O–H groups in total. The molecule has 0 aliphatic rings. The van der Waals surface area contributed by atoms with Gasteiger partial charge < -0.3 is 20.3 Å². The van der Waals surface area contributed by atoms with E-state index in [0.29, 0.717) is 25.9 Å². The Hall–Kier alpha value is -1.14. The Morgan fingerprint density at radius 2 is 0.441 bits per heavy atom. The zero-order valence-corrected chi connectivity index (χ0v) is 64.0. The van der Waals surface area contributed by atoms with E-state index in [1.165, 1.54) is 449 Å². The highest BCUT2D eigenvalue weighted by Crippen LogP contribution is 2.22. The highest BCUT2D eigenvalue weighted by molar-refractivity contribution is 5.76. The van der Waals surface area contributed by atoms with Crippen LogP contribution in [0.15, 0.2) is 0 Å². The Bertz CT molecular complexity index is 1370. The van der Waals surface area contributed by atoms with Gasteiger partial charge in [-0.25, -0.2) is 0 Å². The third-order valence-electron chi connectivity index (χ3n) is 21.2. The molecule has 556 valence electrons. The van der Waals surface area contributed by atoms with Crippen molar-refractivity contribution in [1.82, 2.24) is 5.32 Å². The largest absolute Gasteiger partial charge is 0.466 e. The van der Waals surface area contributed by atoms with Crippen LogP contribution in [0.2, 0.25) is 0 Å². The second-order valence-electron chi connectivity index (χ2n) is 30.6. The Labute approximate surface area is 585 Å². The fraction of sp³-hybridized carbons (Fsp3) is 0.977. The molecule has 0 aromatic carbocycles. The average molecular weight is 1310 g/mol. The van der Waals surface area contributed by atoms with Crippen molar-refractivity contribution < 1.29 is 24.5 Å². The van der Waals surface area contributed by atoms with Gasteiger partial charge in [0.25, 0.3) is 0 Å². The van der Waals surface area contributed by atoms with Crippen LogP contribution in [0.25, 0.3) is 0 Å². The molecule has 2 atom stereocenters. The van der Waals surface area contributed by atoms with Crippen LogP contribution in [0.4, 0.5) is 0 Å². The van der Waals surface area contributed by atoms with E-state index in [9.17, 15) is 19.8 Å². The van der Waals surface area contributed by atoms with Crippen molar-refractivity contribution in [1.29, 1.82) is 0 Å². The van der Waals surface area contributed by atoms with E-state index in [-0.39, 0.29) is 18.5 Å². The van der Waals surface area contributed by atoms with Crippen molar-refractivity contribution in [2.75, 3.05) is 13.2 Å². The van der Waals surface area contributed by atoms with E-state index in [2.05, 4.69) is 19.2 Å². The van der Waals surface area contributed by atoms with Gasteiger partial charge in [-0.15, -0.1) is 0 Å². The quantitative estimate of drug-likeness (QED) is 0.0417. The molecule has 0 aliphatic carbocycles. The molecule has 0 heterocycles. The van der Waals surface area contributed by atoms with Gasteiger partial charge in [-0.3, -0.25) is 9.59 Å². The molecule has 0 saturated heterocycles. The zero-order valence-electron chi connectivity index (χ0n) is 64.0. The SMILES string of the molecule is CCCCCCCCCCCCCCCCCCCCCCC(O)C(CO)NC(=O)CCCCCCCCCCCCCCCCCCCCCCCCCCCCCCCCCCCCCCCOC(=O)CCCCCCCCCCCCCCCCCCCCC. The van der Waals surface area contributed by atoms with Gasteiger partial charge in [0, 0.05) is 12.8 Å². The van der Waals surface area contributed by atoms with Gasteiger partial charge in [0.05, 0.1) is 25.4 Å². The standard InChI is InChI=1S/C87H173NO5/c1-3-5-7-9-11-13-15-17-19-21-23-44-47-51-55-59-63-67-71-75-79-85(90)84(83-89)88-86(91)80-76-72-68-64-60-56-52-48-45-41-39-37-35-33-31-29-27-25-24-26-28-30-32-34-36-38-40-42-46-50-54-58-62-66-70-74-78-82-93-87(92)81-77-73-69-65-61-57-53-49-43-22-20-18-16-14-12-10-8-6-4-2/h84-85,89-90H,3-83H2,1-2H3,(H,88,91). The number of carbonyl (C=O) groups is 2. The van der Waals surface area contributed by atoms with E-state index in [1.54, 1.807) is 0 Å². The molecule has 0 radical (unpaired) electrons. The summed E-state index contributed by atoms with van der Waals surface area (Å²) in [4.78, 5) is 24.7. The number of aliphatic hydroxyl groups is 2. The molecule has 2 unspecified atom stereocenters. The number of ether oxygens (including phenoxy) is 1. The van der Waals surface area contributed by atoms with Crippen molar-refractivity contribution in [2.24, 2.45) is 0 Å². The number of nitrogens with one attached hydrogen (secondary N) is 1. The van der Waals surface area contributed by atoms with Crippen LogP contribution in [-0.4, -0.2) is 47.4 Å². The van der Waals surface area contributed by atoms with Gasteiger partial charge in [0.1, 0.15) is 0 Å². The molecular formula is C87H173NO5. The molecular weight excluding hydrogens is 1140 g/mol. The fourth-order valence-electron chi connectivity index (χ4n) is 14.5. The fourth-order valence-corrected chi connectivity index (χ4v) is 14.5. The third kappa shape index (κ3) is 79.7. The first-order valence-electron chi connectivity index (χ1n) is 43.8. The van der Waals surface area contributed by atoms with Crippen LogP contribution in [0.1, 0.15) is 521 Å². The van der Waals surface area contributed by atoms with Crippen molar-refractivity contribution >= 4 is 11.9 Å². The number of esters is 1. The molecule has 6 nitrogen and oxygen atoms in total. The molecule has 0 bridgehead atoms. The Morgan fingerprint density at radius 3 is 0.656 bits per heavy atom. The number of hydrogen-bond acceptors (Lipinski definition) is 5. The Balaban J connectivity index is 3.28. The van der Waals surface area contributed by atoms with E-state index in [0.717, 1.165) is 38.5 Å². The maximum Gasteiger partial charge on any atom is 0.305 e. The summed E-state index contributed by atoms with van der Waals surface area (Å²) < 4.78 is 5.53. The lowest BCUT2D eigenvalue weighted by molar-refractivity contribution is -0.143. The molecule has 0 saturated carbocycles. The van der Waals surface area contributed by atoms with Gasteiger partial charge in [0.15, 0.2) is 0 Å². The summed E-state index contributed by atoms with van der Waals surface area (Å²) in [5, 5.41) is 23.5. The average Bonchev–Trinajstić information content (AvgIpc) is 3.78. The number of aliphatic hydroxyl groups excluding tert-OH is 2. The maximum atomic E-state index is 12.6. The normalized spacial score (nSPS) is 12.3. The number of amides is 1. The molecule has 0 rings (SSSR count). The lowest BCUT2D eigenvalue weighted by atomic mass is 10.0. The highest BCUT2D eigenvalue weighted by atomic mass is 16.5. The van der Waals surface area contributed by atoms with Gasteiger partial charge in [-0.2, -0.15) is 0 Å².